The maximum absolute atomic E-state index is 12.1. The van der Waals surface area contributed by atoms with E-state index in [0.29, 0.717) is 24.3 Å². The summed E-state index contributed by atoms with van der Waals surface area (Å²) >= 11 is 5.93. The molecule has 158 valence electrons. The van der Waals surface area contributed by atoms with E-state index >= 15 is 0 Å². The molecule has 0 heterocycles. The minimum Gasteiger partial charge on any atom is -0.388 e. The number of unbranched alkanes of at least 4 members (excludes halogenated alkanes) is 1. The first-order valence-electron chi connectivity index (χ1n) is 9.76. The Morgan fingerprint density at radius 1 is 1.07 bits per heavy atom. The quantitative estimate of drug-likeness (QED) is 0.319. The normalized spacial score (nSPS) is 12.6. The average Bonchev–Trinajstić information content (AvgIpc) is 2.71. The topological polar surface area (TPSA) is 59.0 Å². The fraction of sp³-hybridized carbons (Fsp3) is 0.435. The maximum Gasteiger partial charge on any atom is 0.245 e. The number of hydrogen-bond donors (Lipinski definition) is 1. The zero-order valence-electron chi connectivity index (χ0n) is 17.5. The second kappa shape index (κ2) is 10.7. The zero-order valence-corrected chi connectivity index (χ0v) is 18.3. The number of aliphatic hydroxyl groups excluding tert-OH is 1. The Balaban J connectivity index is 1.77. The van der Waals surface area contributed by atoms with Gasteiger partial charge in [0.1, 0.15) is 0 Å². The molecule has 2 aromatic rings. The summed E-state index contributed by atoms with van der Waals surface area (Å²) in [7, 11) is 3.11. The van der Waals surface area contributed by atoms with Crippen molar-refractivity contribution in [2.75, 3.05) is 14.2 Å². The molecule has 2 rings (SSSR count). The minimum absolute atomic E-state index is 0.114. The molecule has 1 atom stereocenters. The van der Waals surface area contributed by atoms with E-state index in [1.807, 2.05) is 48.5 Å². The predicted octanol–water partition coefficient (Wildman–Crippen LogP) is 5.37. The number of methoxy groups -OCH3 is 1. The molecule has 1 N–H and O–H groups in total. The highest BCUT2D eigenvalue weighted by atomic mass is 35.5. The number of rotatable bonds is 10. The molecule has 29 heavy (non-hydrogen) atoms. The van der Waals surface area contributed by atoms with Gasteiger partial charge in [-0.3, -0.25) is 4.79 Å². The van der Waals surface area contributed by atoms with Crippen LogP contribution in [0.4, 0.5) is 0 Å². The number of hydrogen-bond acceptors (Lipinski definition) is 4. The van der Waals surface area contributed by atoms with Gasteiger partial charge in [0.25, 0.3) is 0 Å². The molecule has 2 aromatic carbocycles. The smallest absolute Gasteiger partial charge is 0.245 e. The van der Waals surface area contributed by atoms with Crippen LogP contribution in [0, 0.1) is 0 Å². The van der Waals surface area contributed by atoms with Gasteiger partial charge in [0.15, 0.2) is 5.79 Å². The van der Waals surface area contributed by atoms with Crippen molar-refractivity contribution in [1.82, 2.24) is 5.06 Å². The van der Waals surface area contributed by atoms with E-state index in [9.17, 15) is 9.90 Å². The second-order valence-corrected chi connectivity index (χ2v) is 7.91. The van der Waals surface area contributed by atoms with Gasteiger partial charge in [-0.1, -0.05) is 54.4 Å². The number of hydroxylamine groups is 2. The SMILES string of the molecule is COC(C)(C)ON(C)C(=O)CCCCC(O)c1ccc(-c2ccc(Cl)cc2)cc1. The van der Waals surface area contributed by atoms with Gasteiger partial charge in [-0.25, -0.2) is 9.90 Å². The summed E-state index contributed by atoms with van der Waals surface area (Å²) in [5.74, 6) is -0.962. The summed E-state index contributed by atoms with van der Waals surface area (Å²) in [6.07, 6.45) is 1.83. The third kappa shape index (κ3) is 7.44. The average molecular weight is 420 g/mol. The lowest BCUT2D eigenvalue weighted by Gasteiger charge is -2.28. The zero-order chi connectivity index (χ0) is 21.4. The Kier molecular flexibility index (Phi) is 8.65. The molecule has 1 unspecified atom stereocenters. The first-order valence-corrected chi connectivity index (χ1v) is 10.1. The Bertz CT molecular complexity index is 774. The number of aliphatic hydroxyl groups is 1. The number of amides is 1. The Hall–Kier alpha value is -1.92. The van der Waals surface area contributed by atoms with Gasteiger partial charge >= 0.3 is 0 Å². The summed E-state index contributed by atoms with van der Waals surface area (Å²) in [6.45, 7) is 3.48. The highest BCUT2D eigenvalue weighted by Gasteiger charge is 2.22. The molecule has 0 aromatic heterocycles. The third-order valence-electron chi connectivity index (χ3n) is 4.79. The first kappa shape index (κ1) is 23.4. The van der Waals surface area contributed by atoms with Crippen molar-refractivity contribution in [3.8, 4) is 11.1 Å². The van der Waals surface area contributed by atoms with Crippen LogP contribution in [0.25, 0.3) is 11.1 Å². The fourth-order valence-corrected chi connectivity index (χ4v) is 3.02. The molecular formula is C23H30ClNO4. The number of nitrogens with zero attached hydrogens (tertiary/aromatic N) is 1. The maximum atomic E-state index is 12.1. The minimum atomic E-state index is -0.848. The van der Waals surface area contributed by atoms with Crippen molar-refractivity contribution in [1.29, 1.82) is 0 Å². The fourth-order valence-electron chi connectivity index (χ4n) is 2.90. The highest BCUT2D eigenvalue weighted by molar-refractivity contribution is 6.30. The van der Waals surface area contributed by atoms with Crippen LogP contribution >= 0.6 is 11.6 Å². The van der Waals surface area contributed by atoms with Crippen molar-refractivity contribution in [2.24, 2.45) is 0 Å². The first-order chi connectivity index (χ1) is 13.7. The molecular weight excluding hydrogens is 390 g/mol. The van der Waals surface area contributed by atoms with Crippen molar-refractivity contribution in [3.63, 3.8) is 0 Å². The van der Waals surface area contributed by atoms with Crippen molar-refractivity contribution >= 4 is 17.5 Å². The van der Waals surface area contributed by atoms with E-state index in [-0.39, 0.29) is 5.91 Å². The van der Waals surface area contributed by atoms with Crippen LogP contribution in [0.1, 0.15) is 51.2 Å². The van der Waals surface area contributed by atoms with Gasteiger partial charge in [0.2, 0.25) is 5.91 Å². The Morgan fingerprint density at radius 2 is 1.62 bits per heavy atom. The van der Waals surface area contributed by atoms with Crippen LogP contribution in [0.2, 0.25) is 5.02 Å². The van der Waals surface area contributed by atoms with Crippen molar-refractivity contribution in [2.45, 2.75) is 51.4 Å². The lowest BCUT2D eigenvalue weighted by molar-refractivity contribution is -0.302. The van der Waals surface area contributed by atoms with E-state index in [1.54, 1.807) is 20.9 Å². The van der Waals surface area contributed by atoms with E-state index in [4.69, 9.17) is 21.2 Å². The summed E-state index contributed by atoms with van der Waals surface area (Å²) in [5.41, 5.74) is 3.03. The molecule has 5 nitrogen and oxygen atoms in total. The number of ether oxygens (including phenoxy) is 1. The molecule has 0 spiro atoms. The Labute approximate surface area is 178 Å². The van der Waals surface area contributed by atoms with Crippen LogP contribution < -0.4 is 0 Å². The van der Waals surface area contributed by atoms with Gasteiger partial charge < -0.3 is 9.84 Å². The van der Waals surface area contributed by atoms with Gasteiger partial charge in [0.05, 0.1) is 6.10 Å². The van der Waals surface area contributed by atoms with Crippen LogP contribution in [0.5, 0.6) is 0 Å². The van der Waals surface area contributed by atoms with Gasteiger partial charge in [-0.05, 0) is 55.5 Å². The van der Waals surface area contributed by atoms with Gasteiger partial charge in [-0.15, -0.1) is 0 Å². The van der Waals surface area contributed by atoms with Gasteiger partial charge in [0, 0.05) is 25.6 Å². The van der Waals surface area contributed by atoms with Gasteiger partial charge in [-0.2, -0.15) is 0 Å². The van der Waals surface area contributed by atoms with E-state index < -0.39 is 11.9 Å². The summed E-state index contributed by atoms with van der Waals surface area (Å²) in [6, 6.07) is 15.5. The Morgan fingerprint density at radius 3 is 2.17 bits per heavy atom. The van der Waals surface area contributed by atoms with Crippen LogP contribution in [-0.2, 0) is 14.4 Å². The molecule has 0 aliphatic rings. The van der Waals surface area contributed by atoms with Crippen molar-refractivity contribution < 1.29 is 19.5 Å². The molecule has 0 radical (unpaired) electrons. The predicted molar refractivity (Wildman–Crippen MR) is 115 cm³/mol. The molecule has 0 fully saturated rings. The standard InChI is InChI=1S/C23H30ClNO4/c1-23(2,28-4)29-25(3)22(27)8-6-5-7-21(26)19-11-9-17(10-12-19)18-13-15-20(24)16-14-18/h9-16,21,26H,5-8H2,1-4H3. The third-order valence-corrected chi connectivity index (χ3v) is 5.04. The summed E-state index contributed by atoms with van der Waals surface area (Å²) < 4.78 is 5.15. The summed E-state index contributed by atoms with van der Waals surface area (Å²) in [5, 5.41) is 12.3. The van der Waals surface area contributed by atoms with E-state index in [2.05, 4.69) is 0 Å². The number of carbonyl (C=O) groups excluding carboxylic acids is 1. The lowest BCUT2D eigenvalue weighted by atomic mass is 9.99. The molecule has 0 aliphatic carbocycles. The van der Waals surface area contributed by atoms with Crippen molar-refractivity contribution in [3.05, 3.63) is 59.1 Å². The highest BCUT2D eigenvalue weighted by Crippen LogP contribution is 2.25. The van der Waals surface area contributed by atoms with Crippen LogP contribution in [0.3, 0.4) is 0 Å². The van der Waals surface area contributed by atoms with Crippen LogP contribution in [0.15, 0.2) is 48.5 Å². The molecule has 0 saturated carbocycles. The number of benzene rings is 2. The number of carbonyl (C=O) groups is 1. The lowest BCUT2D eigenvalue weighted by Crippen LogP contribution is -2.38. The molecule has 0 saturated heterocycles. The summed E-state index contributed by atoms with van der Waals surface area (Å²) in [4.78, 5) is 17.6. The molecule has 1 amide bonds. The number of halogens is 1. The largest absolute Gasteiger partial charge is 0.388 e. The molecule has 0 aliphatic heterocycles. The van der Waals surface area contributed by atoms with E-state index in [0.717, 1.165) is 23.1 Å². The second-order valence-electron chi connectivity index (χ2n) is 7.48. The molecule has 0 bridgehead atoms. The van der Waals surface area contributed by atoms with E-state index in [1.165, 1.54) is 12.2 Å². The molecule has 6 heteroatoms. The van der Waals surface area contributed by atoms with Crippen LogP contribution in [-0.4, -0.2) is 36.0 Å². The monoisotopic (exact) mass is 419 g/mol.